The second kappa shape index (κ2) is 23.5. The quantitative estimate of drug-likeness (QED) is 0.222. The number of nitrogens with zero attached hydrogens (tertiary/aromatic N) is 1. The molecule has 0 spiro atoms. The fraction of sp³-hybridized carbons (Fsp3) is 0.955. The third kappa shape index (κ3) is 21.8. The number of carboxylic acids is 1. The van der Waals surface area contributed by atoms with Crippen LogP contribution in [0.1, 0.15) is 59.8 Å². The molecule has 0 aromatic carbocycles. The number of rotatable bonds is 20. The van der Waals surface area contributed by atoms with Gasteiger partial charge in [0.15, 0.2) is 0 Å². The molecule has 176 valence electrons. The van der Waals surface area contributed by atoms with Crippen molar-refractivity contribution in [3.63, 3.8) is 0 Å². The van der Waals surface area contributed by atoms with Crippen molar-refractivity contribution >= 4 is 5.97 Å². The van der Waals surface area contributed by atoms with Gasteiger partial charge in [0.25, 0.3) is 0 Å². The molecular weight excluding hydrogens is 374 g/mol. The molecule has 0 rings (SSSR count). The van der Waals surface area contributed by atoms with Crippen LogP contribution in [-0.4, -0.2) is 90.0 Å². The molecule has 7 heteroatoms. The molecular formula is C22H47NO6. The highest BCUT2D eigenvalue weighted by Crippen LogP contribution is 2.12. The van der Waals surface area contributed by atoms with Crippen LogP contribution in [0.4, 0.5) is 0 Å². The number of methoxy groups -OCH3 is 1. The summed E-state index contributed by atoms with van der Waals surface area (Å²) in [5.74, 6) is -1.10. The van der Waals surface area contributed by atoms with Gasteiger partial charge in [0.2, 0.25) is 0 Å². The highest BCUT2D eigenvalue weighted by molar-refractivity contribution is 5.64. The lowest BCUT2D eigenvalue weighted by atomic mass is 10.2. The predicted octanol–water partition coefficient (Wildman–Crippen LogP) is 2.27. The van der Waals surface area contributed by atoms with E-state index >= 15 is 0 Å². The molecule has 0 aliphatic heterocycles. The van der Waals surface area contributed by atoms with Gasteiger partial charge >= 0.3 is 0 Å². The van der Waals surface area contributed by atoms with E-state index in [0.29, 0.717) is 39.6 Å². The zero-order valence-corrected chi connectivity index (χ0v) is 19.7. The Morgan fingerprint density at radius 1 is 0.655 bits per heavy atom. The molecule has 29 heavy (non-hydrogen) atoms. The van der Waals surface area contributed by atoms with E-state index in [1.54, 1.807) is 7.11 Å². The van der Waals surface area contributed by atoms with Crippen LogP contribution in [0.5, 0.6) is 0 Å². The van der Waals surface area contributed by atoms with Gasteiger partial charge in [0.05, 0.1) is 72.4 Å². The van der Waals surface area contributed by atoms with Crippen molar-refractivity contribution < 1.29 is 33.3 Å². The number of ether oxygens (including phenoxy) is 4. The Bertz CT molecular complexity index is 312. The molecule has 7 nitrogen and oxygen atoms in total. The smallest absolute Gasteiger partial charge is 0.0783 e. The van der Waals surface area contributed by atoms with Crippen LogP contribution in [0.2, 0.25) is 0 Å². The van der Waals surface area contributed by atoms with E-state index in [4.69, 9.17) is 18.9 Å². The fourth-order valence-corrected chi connectivity index (χ4v) is 3.41. The summed E-state index contributed by atoms with van der Waals surface area (Å²) in [6.07, 6.45) is 5.25. The maximum atomic E-state index is 10.0. The molecule has 0 atom stereocenters. The van der Waals surface area contributed by atoms with E-state index in [9.17, 15) is 9.90 Å². The first-order valence-corrected chi connectivity index (χ1v) is 11.3. The van der Waals surface area contributed by atoms with E-state index < -0.39 is 5.97 Å². The molecule has 0 saturated heterocycles. The monoisotopic (exact) mass is 421 g/mol. The second-order valence-electron chi connectivity index (χ2n) is 7.19. The summed E-state index contributed by atoms with van der Waals surface area (Å²) in [6.45, 7) is 17.9. The van der Waals surface area contributed by atoms with E-state index in [0.717, 1.165) is 0 Å². The van der Waals surface area contributed by atoms with Gasteiger partial charge in [-0.25, -0.2) is 0 Å². The van der Waals surface area contributed by atoms with Crippen LogP contribution in [0.3, 0.4) is 0 Å². The summed E-state index contributed by atoms with van der Waals surface area (Å²) in [4.78, 5) is 10.0. The normalized spacial score (nSPS) is 11.2. The minimum Gasteiger partial charge on any atom is -0.550 e. The molecule has 0 amide bonds. The Kier molecular flexibility index (Phi) is 24.7. The molecule has 0 aliphatic rings. The minimum atomic E-state index is -1.10. The highest BCUT2D eigenvalue weighted by Gasteiger charge is 2.22. The highest BCUT2D eigenvalue weighted by atomic mass is 16.6. The summed E-state index contributed by atoms with van der Waals surface area (Å²) < 4.78 is 21.5. The summed E-state index contributed by atoms with van der Waals surface area (Å²) in [5, 5.41) is 10.0. The van der Waals surface area contributed by atoms with Gasteiger partial charge in [-0.3, -0.25) is 0 Å². The first kappa shape index (κ1) is 30.5. The Labute approximate surface area is 179 Å². The largest absolute Gasteiger partial charge is 0.550 e. The standard InChI is InChI=1S/C12H28N.C10H20O6/c1-5-9-13(10-6-2,11-7-3)12-8-4;1-13-4-5-15-8-9-16-7-6-14-3-2-10(11)12/h5-12H2,1-4H3;2-9H2,1H3,(H,11,12)/q+1;/p-1. The summed E-state index contributed by atoms with van der Waals surface area (Å²) in [5.41, 5.74) is 0. The van der Waals surface area contributed by atoms with Gasteiger partial charge in [0.1, 0.15) is 0 Å². The number of quaternary nitrogens is 1. The lowest BCUT2D eigenvalue weighted by Gasteiger charge is -2.38. The number of carbonyl (C=O) groups excluding carboxylic acids is 1. The van der Waals surface area contributed by atoms with Gasteiger partial charge in [0, 0.05) is 19.5 Å². The van der Waals surface area contributed by atoms with Crippen LogP contribution < -0.4 is 5.11 Å². The maximum absolute atomic E-state index is 10.0. The summed E-state index contributed by atoms with van der Waals surface area (Å²) >= 11 is 0. The first-order chi connectivity index (χ1) is 14.0. The molecule has 0 bridgehead atoms. The Hall–Kier alpha value is -0.730. The summed E-state index contributed by atoms with van der Waals surface area (Å²) in [6, 6.07) is 0. The van der Waals surface area contributed by atoms with Gasteiger partial charge in [-0.1, -0.05) is 27.7 Å². The van der Waals surface area contributed by atoms with Gasteiger partial charge in [-0.2, -0.15) is 0 Å². The SMILES string of the molecule is CCC[N+](CCC)(CCC)CCC.COCCOCCOCCOCCC(=O)[O-]. The predicted molar refractivity (Wildman–Crippen MR) is 115 cm³/mol. The molecule has 0 unspecified atom stereocenters. The van der Waals surface area contributed by atoms with E-state index in [1.165, 1.54) is 56.3 Å². The molecule has 0 heterocycles. The van der Waals surface area contributed by atoms with Gasteiger partial charge in [-0.15, -0.1) is 0 Å². The number of carboxylic acid groups (broad SMARTS) is 1. The lowest BCUT2D eigenvalue weighted by Crippen LogP contribution is -2.50. The van der Waals surface area contributed by atoms with Crippen LogP contribution in [0, 0.1) is 0 Å². The number of hydrogen-bond donors (Lipinski definition) is 0. The topological polar surface area (TPSA) is 77.0 Å². The van der Waals surface area contributed by atoms with Crippen molar-refractivity contribution in [1.29, 1.82) is 0 Å². The van der Waals surface area contributed by atoms with Crippen molar-refractivity contribution in [3.8, 4) is 0 Å². The number of hydrogen-bond acceptors (Lipinski definition) is 6. The Balaban J connectivity index is 0. The Morgan fingerprint density at radius 3 is 1.31 bits per heavy atom. The third-order valence-electron chi connectivity index (χ3n) is 4.42. The molecule has 0 saturated carbocycles. The lowest BCUT2D eigenvalue weighted by molar-refractivity contribution is -0.928. The molecule has 0 aromatic heterocycles. The zero-order valence-electron chi connectivity index (χ0n) is 19.7. The van der Waals surface area contributed by atoms with Crippen LogP contribution in [-0.2, 0) is 23.7 Å². The molecule has 0 radical (unpaired) electrons. The fourth-order valence-electron chi connectivity index (χ4n) is 3.41. The van der Waals surface area contributed by atoms with Crippen molar-refractivity contribution in [1.82, 2.24) is 0 Å². The van der Waals surface area contributed by atoms with Crippen LogP contribution in [0.25, 0.3) is 0 Å². The molecule has 0 aromatic rings. The number of carbonyl (C=O) groups is 1. The van der Waals surface area contributed by atoms with E-state index in [-0.39, 0.29) is 13.0 Å². The molecule has 0 fully saturated rings. The van der Waals surface area contributed by atoms with E-state index in [2.05, 4.69) is 27.7 Å². The second-order valence-corrected chi connectivity index (χ2v) is 7.19. The van der Waals surface area contributed by atoms with Crippen molar-refractivity contribution in [2.75, 3.05) is 79.5 Å². The van der Waals surface area contributed by atoms with Crippen molar-refractivity contribution in [2.45, 2.75) is 59.8 Å². The average Bonchev–Trinajstić information content (AvgIpc) is 2.67. The molecule has 0 N–H and O–H groups in total. The zero-order chi connectivity index (χ0) is 22.2. The van der Waals surface area contributed by atoms with Gasteiger partial charge in [-0.05, 0) is 25.7 Å². The van der Waals surface area contributed by atoms with Crippen LogP contribution >= 0.6 is 0 Å². The first-order valence-electron chi connectivity index (χ1n) is 11.3. The molecule has 0 aliphatic carbocycles. The van der Waals surface area contributed by atoms with E-state index in [1.807, 2.05) is 0 Å². The minimum absolute atomic E-state index is 0.0832. The Morgan fingerprint density at radius 2 is 1.00 bits per heavy atom. The maximum Gasteiger partial charge on any atom is 0.0783 e. The third-order valence-corrected chi connectivity index (χ3v) is 4.42. The van der Waals surface area contributed by atoms with Crippen molar-refractivity contribution in [3.05, 3.63) is 0 Å². The van der Waals surface area contributed by atoms with Crippen LogP contribution in [0.15, 0.2) is 0 Å². The summed E-state index contributed by atoms with van der Waals surface area (Å²) in [7, 11) is 1.61. The van der Waals surface area contributed by atoms with Crippen molar-refractivity contribution in [2.24, 2.45) is 0 Å². The van der Waals surface area contributed by atoms with Gasteiger partial charge < -0.3 is 33.3 Å². The average molecular weight is 422 g/mol. The number of aliphatic carboxylic acids is 1.